The number of carbonyl (C=O) groups excluding carboxylic acids is 1. The van der Waals surface area contributed by atoms with Crippen LogP contribution < -0.4 is 10.6 Å². The van der Waals surface area contributed by atoms with Crippen LogP contribution >= 0.6 is 0 Å². The highest BCUT2D eigenvalue weighted by Gasteiger charge is 2.31. The molecule has 0 saturated heterocycles. The van der Waals surface area contributed by atoms with Gasteiger partial charge in [0.05, 0.1) is 28.5 Å². The molecule has 0 bridgehead atoms. The van der Waals surface area contributed by atoms with E-state index in [1.807, 2.05) is 38.1 Å². The summed E-state index contributed by atoms with van der Waals surface area (Å²) < 4.78 is 0. The van der Waals surface area contributed by atoms with Crippen molar-refractivity contribution < 1.29 is 4.79 Å². The molecule has 0 aliphatic carbocycles. The number of pyridine rings is 1. The Bertz CT molecular complexity index is 634. The van der Waals surface area contributed by atoms with Gasteiger partial charge in [0.15, 0.2) is 0 Å². The van der Waals surface area contributed by atoms with E-state index < -0.39 is 5.41 Å². The van der Waals surface area contributed by atoms with E-state index >= 15 is 0 Å². The van der Waals surface area contributed by atoms with Crippen molar-refractivity contribution in [3.8, 4) is 0 Å². The lowest BCUT2D eigenvalue weighted by molar-refractivity contribution is -0.123. The maximum absolute atomic E-state index is 12.1. The summed E-state index contributed by atoms with van der Waals surface area (Å²) in [4.78, 5) is 16.4. The molecule has 2 N–H and O–H groups in total. The number of aromatic nitrogens is 1. The summed E-state index contributed by atoms with van der Waals surface area (Å²) >= 11 is 0. The van der Waals surface area contributed by atoms with Crippen molar-refractivity contribution in [3.05, 3.63) is 30.5 Å². The third-order valence-electron chi connectivity index (χ3n) is 3.35. The average Bonchev–Trinajstić information content (AvgIpc) is 2.47. The quantitative estimate of drug-likeness (QED) is 0.745. The van der Waals surface area contributed by atoms with Crippen LogP contribution in [0.4, 0.5) is 11.4 Å². The smallest absolute Gasteiger partial charge is 0.231 e. The first-order valence-electron chi connectivity index (χ1n) is 6.01. The zero-order valence-corrected chi connectivity index (χ0v) is 10.4. The third-order valence-corrected chi connectivity index (χ3v) is 3.35. The minimum absolute atomic E-state index is 0.0193. The molecule has 2 heterocycles. The average molecular weight is 241 g/mol. The fraction of sp³-hybridized carbons (Fsp3) is 0.286. The van der Waals surface area contributed by atoms with Crippen LogP contribution in [0.1, 0.15) is 13.8 Å². The molecule has 1 aliphatic rings. The molecule has 2 aromatic rings. The van der Waals surface area contributed by atoms with E-state index in [4.69, 9.17) is 0 Å². The minimum atomic E-state index is -0.430. The third kappa shape index (κ3) is 1.61. The highest BCUT2D eigenvalue weighted by atomic mass is 16.2. The lowest BCUT2D eigenvalue weighted by Crippen LogP contribution is -2.34. The van der Waals surface area contributed by atoms with E-state index in [1.165, 1.54) is 0 Å². The number of fused-ring (bicyclic) bond motifs is 3. The van der Waals surface area contributed by atoms with Crippen molar-refractivity contribution in [1.82, 2.24) is 4.98 Å². The van der Waals surface area contributed by atoms with Crippen molar-refractivity contribution >= 4 is 28.2 Å². The van der Waals surface area contributed by atoms with Gasteiger partial charge < -0.3 is 10.6 Å². The maximum atomic E-state index is 12.1. The monoisotopic (exact) mass is 241 g/mol. The Labute approximate surface area is 105 Å². The van der Waals surface area contributed by atoms with Crippen LogP contribution in [0.25, 0.3) is 10.9 Å². The summed E-state index contributed by atoms with van der Waals surface area (Å²) in [5.74, 6) is 0.0193. The van der Waals surface area contributed by atoms with Crippen LogP contribution in [0.2, 0.25) is 0 Å². The van der Waals surface area contributed by atoms with Gasteiger partial charge in [-0.15, -0.1) is 0 Å². The van der Waals surface area contributed by atoms with E-state index in [2.05, 4.69) is 15.6 Å². The van der Waals surface area contributed by atoms with E-state index in [0.717, 1.165) is 22.3 Å². The van der Waals surface area contributed by atoms with Gasteiger partial charge in [-0.3, -0.25) is 9.78 Å². The summed E-state index contributed by atoms with van der Waals surface area (Å²) in [6.07, 6.45) is 1.71. The van der Waals surface area contributed by atoms with Gasteiger partial charge in [0.1, 0.15) is 0 Å². The zero-order valence-electron chi connectivity index (χ0n) is 10.4. The molecule has 0 radical (unpaired) electrons. The summed E-state index contributed by atoms with van der Waals surface area (Å²) in [6, 6.07) is 7.92. The predicted octanol–water partition coefficient (Wildman–Crippen LogP) is 2.62. The molecule has 0 fully saturated rings. The Morgan fingerprint density at radius 2 is 2.06 bits per heavy atom. The Morgan fingerprint density at radius 1 is 1.28 bits per heavy atom. The molecule has 1 aromatic heterocycles. The van der Waals surface area contributed by atoms with E-state index in [-0.39, 0.29) is 5.91 Å². The topological polar surface area (TPSA) is 54.0 Å². The first kappa shape index (κ1) is 11.0. The van der Waals surface area contributed by atoms with Gasteiger partial charge in [-0.2, -0.15) is 0 Å². The Kier molecular flexibility index (Phi) is 2.26. The van der Waals surface area contributed by atoms with Crippen LogP contribution in [0.5, 0.6) is 0 Å². The van der Waals surface area contributed by atoms with Gasteiger partial charge >= 0.3 is 0 Å². The molecule has 0 atom stereocenters. The molecule has 1 amide bonds. The van der Waals surface area contributed by atoms with Crippen molar-refractivity contribution in [2.75, 3.05) is 17.2 Å². The van der Waals surface area contributed by atoms with E-state index in [1.54, 1.807) is 6.20 Å². The first-order chi connectivity index (χ1) is 8.58. The predicted molar refractivity (Wildman–Crippen MR) is 72.6 cm³/mol. The lowest BCUT2D eigenvalue weighted by Gasteiger charge is -2.19. The Balaban J connectivity index is 2.19. The van der Waals surface area contributed by atoms with Gasteiger partial charge in [0.25, 0.3) is 0 Å². The minimum Gasteiger partial charge on any atom is -0.382 e. The van der Waals surface area contributed by atoms with Crippen LogP contribution in [-0.4, -0.2) is 17.4 Å². The molecular formula is C14H15N3O. The fourth-order valence-corrected chi connectivity index (χ4v) is 2.11. The SMILES string of the molecule is CC1(C)CNc2c(cnc3ccccc23)NC1=O. The van der Waals surface area contributed by atoms with Crippen LogP contribution in [-0.2, 0) is 4.79 Å². The Morgan fingerprint density at radius 3 is 2.89 bits per heavy atom. The molecule has 4 nitrogen and oxygen atoms in total. The summed E-state index contributed by atoms with van der Waals surface area (Å²) in [5, 5.41) is 7.34. The second kappa shape index (κ2) is 3.70. The van der Waals surface area contributed by atoms with Crippen molar-refractivity contribution in [3.63, 3.8) is 0 Å². The molecule has 1 aliphatic heterocycles. The molecule has 1 aromatic carbocycles. The Hall–Kier alpha value is -2.10. The number of rotatable bonds is 0. The second-order valence-corrected chi connectivity index (χ2v) is 5.26. The zero-order chi connectivity index (χ0) is 12.8. The summed E-state index contributed by atoms with van der Waals surface area (Å²) in [7, 11) is 0. The molecule has 3 rings (SSSR count). The van der Waals surface area contributed by atoms with Crippen LogP contribution in [0.15, 0.2) is 30.5 Å². The normalized spacial score (nSPS) is 17.6. The highest BCUT2D eigenvalue weighted by Crippen LogP contribution is 2.34. The maximum Gasteiger partial charge on any atom is 0.231 e. The van der Waals surface area contributed by atoms with Gasteiger partial charge in [-0.25, -0.2) is 0 Å². The molecule has 0 unspecified atom stereocenters. The fourth-order valence-electron chi connectivity index (χ4n) is 2.11. The number of hydrogen-bond acceptors (Lipinski definition) is 3. The van der Waals surface area contributed by atoms with E-state index in [0.29, 0.717) is 6.54 Å². The molecule has 92 valence electrons. The van der Waals surface area contributed by atoms with Gasteiger partial charge in [-0.05, 0) is 19.9 Å². The number of carbonyl (C=O) groups is 1. The highest BCUT2D eigenvalue weighted by molar-refractivity contribution is 6.06. The number of amides is 1. The van der Waals surface area contributed by atoms with Crippen molar-refractivity contribution in [1.29, 1.82) is 0 Å². The number of para-hydroxylation sites is 1. The van der Waals surface area contributed by atoms with E-state index in [9.17, 15) is 4.79 Å². The number of nitrogens with one attached hydrogen (secondary N) is 2. The summed E-state index contributed by atoms with van der Waals surface area (Å²) in [6.45, 7) is 4.47. The van der Waals surface area contributed by atoms with Gasteiger partial charge in [0, 0.05) is 11.9 Å². The van der Waals surface area contributed by atoms with Crippen LogP contribution in [0.3, 0.4) is 0 Å². The van der Waals surface area contributed by atoms with Crippen molar-refractivity contribution in [2.45, 2.75) is 13.8 Å². The molecule has 18 heavy (non-hydrogen) atoms. The van der Waals surface area contributed by atoms with Gasteiger partial charge in [-0.1, -0.05) is 18.2 Å². The molecule has 0 saturated carbocycles. The number of anilines is 2. The second-order valence-electron chi connectivity index (χ2n) is 5.26. The number of benzene rings is 1. The van der Waals surface area contributed by atoms with Gasteiger partial charge in [0.2, 0.25) is 5.91 Å². The van der Waals surface area contributed by atoms with Crippen LogP contribution in [0, 0.1) is 5.41 Å². The number of hydrogen-bond donors (Lipinski definition) is 2. The molecule has 0 spiro atoms. The van der Waals surface area contributed by atoms with Crippen molar-refractivity contribution in [2.24, 2.45) is 5.41 Å². The lowest BCUT2D eigenvalue weighted by atomic mass is 9.93. The first-order valence-corrected chi connectivity index (χ1v) is 6.01. The standard InChI is InChI=1S/C14H15N3O/c1-14(2)8-16-12-9-5-3-4-6-10(9)15-7-11(12)17-13(14)18/h3-7,16H,8H2,1-2H3,(H,17,18). The summed E-state index contributed by atoms with van der Waals surface area (Å²) in [5.41, 5.74) is 2.21. The molecular weight excluding hydrogens is 226 g/mol. The largest absolute Gasteiger partial charge is 0.382 e. The molecule has 4 heteroatoms. The number of nitrogens with zero attached hydrogens (tertiary/aromatic N) is 1.